The molecule has 174 valence electrons. The molecule has 1 aliphatic heterocycles. The van der Waals surface area contributed by atoms with Crippen molar-refractivity contribution in [2.24, 2.45) is 4.99 Å². The van der Waals surface area contributed by atoms with Gasteiger partial charge in [0, 0.05) is 6.54 Å². The predicted molar refractivity (Wildman–Crippen MR) is 147 cm³/mol. The molecule has 4 nitrogen and oxygen atoms in total. The third kappa shape index (κ3) is 6.48. The number of aryl methyl sites for hydroxylation is 1. The maximum absolute atomic E-state index is 8.00. The molecule has 0 spiro atoms. The van der Waals surface area contributed by atoms with Gasteiger partial charge in [0.05, 0.1) is 0 Å². The molecule has 0 aromatic heterocycles. The second-order valence-corrected chi connectivity index (χ2v) is 7.97. The number of aliphatic imine (C=N–C) groups is 1. The molecule has 3 aromatic carbocycles. The molecule has 4 heteroatoms. The summed E-state index contributed by atoms with van der Waals surface area (Å²) in [4.78, 5) is 11.2. The molecule has 0 saturated heterocycles. The van der Waals surface area contributed by atoms with Gasteiger partial charge >= 0.3 is 0 Å². The number of dihydropyridines is 1. The fourth-order valence-electron chi connectivity index (χ4n) is 3.87. The highest BCUT2D eigenvalue weighted by molar-refractivity contribution is 5.85. The van der Waals surface area contributed by atoms with Crippen LogP contribution in [0.4, 0.5) is 0 Å². The molecule has 0 amide bonds. The summed E-state index contributed by atoms with van der Waals surface area (Å²) in [6, 6.07) is 22.1. The van der Waals surface area contributed by atoms with Crippen molar-refractivity contribution in [1.29, 1.82) is 5.41 Å². The average Bonchev–Trinajstić information content (AvgIpc) is 2.87. The summed E-state index contributed by atoms with van der Waals surface area (Å²) in [7, 11) is 0. The van der Waals surface area contributed by atoms with Crippen molar-refractivity contribution >= 4 is 24.9 Å². The summed E-state index contributed by atoms with van der Waals surface area (Å²) >= 11 is 0. The van der Waals surface area contributed by atoms with Crippen molar-refractivity contribution < 1.29 is 4.79 Å². The van der Waals surface area contributed by atoms with Gasteiger partial charge in [-0.3, -0.25) is 10.4 Å². The highest BCUT2D eigenvalue weighted by atomic mass is 16.1. The van der Waals surface area contributed by atoms with E-state index in [2.05, 4.69) is 111 Å². The zero-order valence-corrected chi connectivity index (χ0v) is 20.5. The van der Waals surface area contributed by atoms with Crippen molar-refractivity contribution in [1.82, 2.24) is 5.32 Å². The van der Waals surface area contributed by atoms with Crippen LogP contribution in [-0.2, 0) is 4.79 Å². The molecule has 0 atom stereocenters. The first kappa shape index (κ1) is 26.2. The van der Waals surface area contributed by atoms with E-state index in [0.29, 0.717) is 0 Å². The van der Waals surface area contributed by atoms with Crippen LogP contribution >= 0.6 is 0 Å². The number of hydrogen-bond donors (Lipinski definition) is 2. The molecular formula is C30H33N3O. The normalized spacial score (nSPS) is 11.6. The molecule has 0 aliphatic carbocycles. The van der Waals surface area contributed by atoms with Crippen molar-refractivity contribution in [2.45, 2.75) is 27.7 Å². The molecular weight excluding hydrogens is 418 g/mol. The molecule has 34 heavy (non-hydrogen) atoms. The van der Waals surface area contributed by atoms with Crippen LogP contribution < -0.4 is 5.32 Å². The third-order valence-corrected chi connectivity index (χ3v) is 5.69. The van der Waals surface area contributed by atoms with E-state index in [-0.39, 0.29) is 5.84 Å². The van der Waals surface area contributed by atoms with Gasteiger partial charge in [0.15, 0.2) is 0 Å². The second kappa shape index (κ2) is 12.9. The number of nitrogens with zero attached hydrogens (tertiary/aromatic N) is 1. The lowest BCUT2D eigenvalue weighted by molar-refractivity contribution is -0.0979. The van der Waals surface area contributed by atoms with E-state index < -0.39 is 0 Å². The van der Waals surface area contributed by atoms with Crippen molar-refractivity contribution in [2.75, 3.05) is 6.54 Å². The summed E-state index contributed by atoms with van der Waals surface area (Å²) in [5.74, 6) is 0.269. The summed E-state index contributed by atoms with van der Waals surface area (Å²) in [5, 5.41) is 9.75. The number of benzene rings is 3. The van der Waals surface area contributed by atoms with E-state index in [1.807, 2.05) is 13.0 Å². The number of rotatable bonds is 3. The van der Waals surface area contributed by atoms with E-state index in [0.717, 1.165) is 6.54 Å². The Balaban J connectivity index is 0.000000520. The third-order valence-electron chi connectivity index (χ3n) is 5.69. The minimum atomic E-state index is 0.269. The lowest BCUT2D eigenvalue weighted by atomic mass is 9.87. The molecule has 0 saturated carbocycles. The standard InChI is InChI=1S/C26H25N.C3H6N2.CH2O/c1-18-10-12-21(13-11-18)23-6-4-8-25(19(23)2)26-9-5-7-24(20(26)3)22-14-16-27-17-15-22;1-3(4)5-2;1-2/h4-16,27H,17H2,1-3H3;4H,2H2,1H3;1H2. The Kier molecular flexibility index (Phi) is 9.90. The van der Waals surface area contributed by atoms with Crippen molar-refractivity contribution in [3.05, 3.63) is 101 Å². The summed E-state index contributed by atoms with van der Waals surface area (Å²) in [6.07, 6.45) is 6.44. The van der Waals surface area contributed by atoms with Crippen LogP contribution in [0.2, 0.25) is 0 Å². The Hall–Kier alpha value is -4.05. The summed E-state index contributed by atoms with van der Waals surface area (Å²) in [6.45, 7) is 14.2. The first-order chi connectivity index (χ1) is 16.4. The highest BCUT2D eigenvalue weighted by Crippen LogP contribution is 2.36. The maximum Gasteiger partial charge on any atom is 0.116 e. The molecule has 0 fully saturated rings. The average molecular weight is 452 g/mol. The molecule has 2 N–H and O–H groups in total. The number of amidine groups is 1. The topological polar surface area (TPSA) is 65.3 Å². The lowest BCUT2D eigenvalue weighted by Gasteiger charge is -2.18. The van der Waals surface area contributed by atoms with Crippen LogP contribution in [0, 0.1) is 26.2 Å². The smallest absolute Gasteiger partial charge is 0.116 e. The zero-order chi connectivity index (χ0) is 25.1. The van der Waals surface area contributed by atoms with Gasteiger partial charge in [0.25, 0.3) is 0 Å². The van der Waals surface area contributed by atoms with Gasteiger partial charge in [-0.1, -0.05) is 72.3 Å². The number of hydrogen-bond acceptors (Lipinski definition) is 3. The van der Waals surface area contributed by atoms with Crippen LogP contribution in [-0.4, -0.2) is 25.9 Å². The van der Waals surface area contributed by atoms with Crippen LogP contribution in [0.25, 0.3) is 27.8 Å². The van der Waals surface area contributed by atoms with Gasteiger partial charge in [-0.05, 0) is 91.2 Å². The lowest BCUT2D eigenvalue weighted by Crippen LogP contribution is -2.08. The fraction of sp³-hybridized carbons (Fsp3) is 0.167. The SMILES string of the molecule is C=NC(C)=N.C=O.Cc1ccc(-c2cccc(-c3cccc(C4=CCNC=C4)c3C)c2C)cc1. The molecule has 3 aromatic rings. The van der Waals surface area contributed by atoms with E-state index in [9.17, 15) is 0 Å². The van der Waals surface area contributed by atoms with Crippen molar-refractivity contribution in [3.63, 3.8) is 0 Å². The molecule has 1 aliphatic rings. The molecule has 0 unspecified atom stereocenters. The van der Waals surface area contributed by atoms with E-state index in [1.54, 1.807) is 6.92 Å². The largest absolute Gasteiger partial charge is 0.387 e. The molecule has 0 bridgehead atoms. The monoisotopic (exact) mass is 451 g/mol. The molecule has 1 heterocycles. The van der Waals surface area contributed by atoms with Gasteiger partial charge < -0.3 is 10.1 Å². The van der Waals surface area contributed by atoms with Gasteiger partial charge in [0.1, 0.15) is 12.6 Å². The Morgan fingerprint density at radius 3 is 1.85 bits per heavy atom. The van der Waals surface area contributed by atoms with Gasteiger partial charge in [0.2, 0.25) is 0 Å². The van der Waals surface area contributed by atoms with Gasteiger partial charge in [-0.2, -0.15) is 0 Å². The second-order valence-electron chi connectivity index (χ2n) is 7.97. The van der Waals surface area contributed by atoms with Gasteiger partial charge in [-0.25, -0.2) is 0 Å². The first-order valence-electron chi connectivity index (χ1n) is 11.1. The number of carbonyl (C=O) groups excluding carboxylic acids is 1. The van der Waals surface area contributed by atoms with E-state index >= 15 is 0 Å². The predicted octanol–water partition coefficient (Wildman–Crippen LogP) is 6.95. The number of nitrogens with one attached hydrogen (secondary N) is 2. The van der Waals surface area contributed by atoms with Crippen LogP contribution in [0.3, 0.4) is 0 Å². The minimum Gasteiger partial charge on any atom is -0.387 e. The highest BCUT2D eigenvalue weighted by Gasteiger charge is 2.13. The number of carbonyl (C=O) groups is 1. The Morgan fingerprint density at radius 1 is 0.853 bits per heavy atom. The van der Waals surface area contributed by atoms with Gasteiger partial charge in [-0.15, -0.1) is 0 Å². The summed E-state index contributed by atoms with van der Waals surface area (Å²) < 4.78 is 0. The molecule has 4 rings (SSSR count). The summed E-state index contributed by atoms with van der Waals surface area (Å²) in [5.41, 5.74) is 11.8. The quantitative estimate of drug-likeness (QED) is 0.334. The van der Waals surface area contributed by atoms with Crippen LogP contribution in [0.5, 0.6) is 0 Å². The molecule has 0 radical (unpaired) electrons. The Bertz CT molecular complexity index is 1200. The van der Waals surface area contributed by atoms with Crippen molar-refractivity contribution in [3.8, 4) is 22.3 Å². The fourth-order valence-corrected chi connectivity index (χ4v) is 3.87. The van der Waals surface area contributed by atoms with E-state index in [1.165, 1.54) is 50.1 Å². The zero-order valence-electron chi connectivity index (χ0n) is 20.5. The number of allylic oxidation sites excluding steroid dienone is 2. The van der Waals surface area contributed by atoms with Crippen LogP contribution in [0.1, 0.15) is 29.2 Å². The van der Waals surface area contributed by atoms with E-state index in [4.69, 9.17) is 10.2 Å². The Morgan fingerprint density at radius 2 is 1.35 bits per heavy atom. The minimum absolute atomic E-state index is 0.269. The maximum atomic E-state index is 8.00. The Labute approximate surface area is 203 Å². The van der Waals surface area contributed by atoms with Crippen LogP contribution in [0.15, 0.2) is 84.0 Å². The first-order valence-corrected chi connectivity index (χ1v) is 11.1.